The van der Waals surface area contributed by atoms with E-state index in [-0.39, 0.29) is 28.2 Å². The number of aliphatic hydroxyl groups is 4. The van der Waals surface area contributed by atoms with E-state index in [0.717, 1.165) is 6.07 Å². The van der Waals surface area contributed by atoms with Gasteiger partial charge < -0.3 is 44.5 Å². The highest BCUT2D eigenvalue weighted by Crippen LogP contribution is 2.31. The number of aliphatic hydroxyl groups excluding tert-OH is 4. The molecule has 31 heavy (non-hydrogen) atoms. The Morgan fingerprint density at radius 2 is 1.65 bits per heavy atom. The van der Waals surface area contributed by atoms with Crippen LogP contribution in [0.15, 0.2) is 51.7 Å². The number of rotatable bonds is 4. The summed E-state index contributed by atoms with van der Waals surface area (Å²) in [4.78, 5) is 12.4. The molecule has 2 heterocycles. The quantitative estimate of drug-likeness (QED) is 0.331. The number of aromatic hydroxyl groups is 2. The average molecular weight is 432 g/mol. The van der Waals surface area contributed by atoms with Crippen LogP contribution in [0.2, 0.25) is 0 Å². The lowest BCUT2D eigenvalue weighted by Crippen LogP contribution is -2.60. The molecule has 0 saturated carbocycles. The van der Waals surface area contributed by atoms with Crippen LogP contribution in [0.4, 0.5) is 0 Å². The van der Waals surface area contributed by atoms with Crippen LogP contribution in [-0.4, -0.2) is 68.0 Å². The first kappa shape index (κ1) is 21.1. The van der Waals surface area contributed by atoms with Crippen molar-refractivity contribution in [1.29, 1.82) is 0 Å². The van der Waals surface area contributed by atoms with Crippen LogP contribution >= 0.6 is 0 Å². The van der Waals surface area contributed by atoms with E-state index in [2.05, 4.69) is 0 Å². The van der Waals surface area contributed by atoms with Gasteiger partial charge in [-0.05, 0) is 24.3 Å². The predicted molar refractivity (Wildman–Crippen MR) is 106 cm³/mol. The van der Waals surface area contributed by atoms with Crippen molar-refractivity contribution < 1.29 is 44.5 Å². The zero-order valence-corrected chi connectivity index (χ0v) is 16.0. The lowest BCUT2D eigenvalue weighted by molar-refractivity contribution is -0.277. The molecular formula is C21H20O10. The summed E-state index contributed by atoms with van der Waals surface area (Å²) in [5, 5.41) is 58.4. The van der Waals surface area contributed by atoms with Gasteiger partial charge in [0, 0.05) is 23.8 Å². The topological polar surface area (TPSA) is 170 Å². The second-order valence-electron chi connectivity index (χ2n) is 7.15. The Morgan fingerprint density at radius 1 is 0.935 bits per heavy atom. The standard InChI is InChI=1S/C21H20O10/c22-8-16-18(26)19(27)20(28)21(31-16)29-11-3-1-9(2-4-11)14-7-13(25)17-12(24)5-10(23)6-15(17)30-14/h1-7,16,18-24,26-28H,8H2/t16-,18-,19+,20-,21+/m1/s1. The van der Waals surface area contributed by atoms with E-state index in [0.29, 0.717) is 5.56 Å². The van der Waals surface area contributed by atoms with Gasteiger partial charge in [-0.1, -0.05) is 0 Å². The molecular weight excluding hydrogens is 412 g/mol. The number of phenols is 2. The van der Waals surface area contributed by atoms with Crippen molar-refractivity contribution in [3.05, 3.63) is 52.7 Å². The van der Waals surface area contributed by atoms with E-state index in [1.165, 1.54) is 24.3 Å². The van der Waals surface area contributed by atoms with E-state index >= 15 is 0 Å². The number of fused-ring (bicyclic) bond motifs is 1. The Bertz CT molecular complexity index is 1140. The average Bonchev–Trinajstić information content (AvgIpc) is 2.73. The van der Waals surface area contributed by atoms with Crippen molar-refractivity contribution in [3.63, 3.8) is 0 Å². The third kappa shape index (κ3) is 3.94. The van der Waals surface area contributed by atoms with E-state index in [9.17, 15) is 35.4 Å². The predicted octanol–water partition coefficient (Wildman–Crippen LogP) is 0.0499. The lowest BCUT2D eigenvalue weighted by atomic mass is 9.99. The second-order valence-corrected chi connectivity index (χ2v) is 7.15. The van der Waals surface area contributed by atoms with Gasteiger partial charge in [0.15, 0.2) is 5.43 Å². The van der Waals surface area contributed by atoms with Crippen LogP contribution in [0.5, 0.6) is 17.2 Å². The third-order valence-corrected chi connectivity index (χ3v) is 5.03. The molecule has 10 heteroatoms. The molecule has 0 amide bonds. The molecule has 2 aromatic carbocycles. The Morgan fingerprint density at radius 3 is 2.32 bits per heavy atom. The van der Waals surface area contributed by atoms with Gasteiger partial charge in [0.1, 0.15) is 58.4 Å². The number of hydrogen-bond acceptors (Lipinski definition) is 10. The zero-order chi connectivity index (χ0) is 22.3. The highest BCUT2D eigenvalue weighted by Gasteiger charge is 2.44. The Kier molecular flexibility index (Phi) is 5.56. The first-order chi connectivity index (χ1) is 14.8. The second kappa shape index (κ2) is 8.17. The molecule has 3 aromatic rings. The maximum absolute atomic E-state index is 12.4. The van der Waals surface area contributed by atoms with Crippen molar-refractivity contribution in [3.8, 4) is 28.6 Å². The summed E-state index contributed by atoms with van der Waals surface area (Å²) < 4.78 is 16.5. The number of benzene rings is 2. The molecule has 0 spiro atoms. The van der Waals surface area contributed by atoms with Crippen LogP contribution < -0.4 is 10.2 Å². The fourth-order valence-electron chi connectivity index (χ4n) is 3.39. The summed E-state index contributed by atoms with van der Waals surface area (Å²) >= 11 is 0. The number of ether oxygens (including phenoxy) is 2. The highest BCUT2D eigenvalue weighted by molar-refractivity contribution is 5.86. The molecule has 0 bridgehead atoms. The molecule has 6 N–H and O–H groups in total. The van der Waals surface area contributed by atoms with E-state index in [4.69, 9.17) is 13.9 Å². The summed E-state index contributed by atoms with van der Waals surface area (Å²) in [5.41, 5.74) is 0.0139. The van der Waals surface area contributed by atoms with Crippen molar-refractivity contribution in [1.82, 2.24) is 0 Å². The van der Waals surface area contributed by atoms with Crippen LogP contribution in [0, 0.1) is 0 Å². The summed E-state index contributed by atoms with van der Waals surface area (Å²) in [6.45, 7) is -0.574. The molecule has 164 valence electrons. The Hall–Kier alpha value is -3.15. The van der Waals surface area contributed by atoms with Crippen LogP contribution in [0.1, 0.15) is 0 Å². The Labute approximate surface area is 174 Å². The fourth-order valence-corrected chi connectivity index (χ4v) is 3.39. The molecule has 1 aliphatic rings. The maximum Gasteiger partial charge on any atom is 0.229 e. The largest absolute Gasteiger partial charge is 0.508 e. The summed E-state index contributed by atoms with van der Waals surface area (Å²) in [7, 11) is 0. The highest BCUT2D eigenvalue weighted by atomic mass is 16.7. The normalized spacial score (nSPS) is 26.1. The van der Waals surface area contributed by atoms with Crippen LogP contribution in [0.3, 0.4) is 0 Å². The van der Waals surface area contributed by atoms with Crippen LogP contribution in [-0.2, 0) is 4.74 Å². The zero-order valence-electron chi connectivity index (χ0n) is 16.0. The van der Waals surface area contributed by atoms with Crippen molar-refractivity contribution in [2.24, 2.45) is 0 Å². The summed E-state index contributed by atoms with van der Waals surface area (Å²) in [6.07, 6.45) is -7.02. The lowest BCUT2D eigenvalue weighted by Gasteiger charge is -2.39. The van der Waals surface area contributed by atoms with Gasteiger partial charge in [-0.2, -0.15) is 0 Å². The Balaban J connectivity index is 1.58. The molecule has 0 unspecified atom stereocenters. The number of phenolic OH excluding ortho intramolecular Hbond substituents is 2. The monoisotopic (exact) mass is 432 g/mol. The molecule has 1 aromatic heterocycles. The third-order valence-electron chi connectivity index (χ3n) is 5.03. The minimum Gasteiger partial charge on any atom is -0.508 e. The van der Waals surface area contributed by atoms with E-state index in [1.54, 1.807) is 12.1 Å². The number of hydrogen-bond donors (Lipinski definition) is 6. The van der Waals surface area contributed by atoms with Gasteiger partial charge in [0.25, 0.3) is 0 Å². The van der Waals surface area contributed by atoms with Crippen molar-refractivity contribution in [2.75, 3.05) is 6.61 Å². The molecule has 1 fully saturated rings. The van der Waals surface area contributed by atoms with Crippen molar-refractivity contribution in [2.45, 2.75) is 30.7 Å². The smallest absolute Gasteiger partial charge is 0.229 e. The summed E-state index contributed by atoms with van der Waals surface area (Å²) in [6, 6.07) is 9.59. The maximum atomic E-state index is 12.4. The molecule has 4 rings (SSSR count). The van der Waals surface area contributed by atoms with Gasteiger partial charge in [-0.25, -0.2) is 0 Å². The minimum absolute atomic E-state index is 0.0154. The van der Waals surface area contributed by atoms with Gasteiger partial charge in [-0.15, -0.1) is 0 Å². The molecule has 0 radical (unpaired) electrons. The molecule has 1 saturated heterocycles. The van der Waals surface area contributed by atoms with Crippen LogP contribution in [0.25, 0.3) is 22.3 Å². The first-order valence-electron chi connectivity index (χ1n) is 9.36. The van der Waals surface area contributed by atoms with Crippen molar-refractivity contribution >= 4 is 11.0 Å². The van der Waals surface area contributed by atoms with Gasteiger partial charge >= 0.3 is 0 Å². The van der Waals surface area contributed by atoms with Gasteiger partial charge in [-0.3, -0.25) is 4.79 Å². The minimum atomic E-state index is -1.56. The van der Waals surface area contributed by atoms with E-state index in [1.807, 2.05) is 0 Å². The first-order valence-corrected chi connectivity index (χ1v) is 9.36. The SMILES string of the molecule is O=c1cc(-c2ccc(O[C@H]3O[C@H](CO)[C@@H](O)[C@H](O)[C@H]3O)cc2)oc2cc(O)cc(O)c12. The molecule has 5 atom stereocenters. The molecule has 0 aliphatic carbocycles. The summed E-state index contributed by atoms with van der Waals surface area (Å²) in [5.74, 6) is -0.222. The van der Waals surface area contributed by atoms with Gasteiger partial charge in [0.2, 0.25) is 6.29 Å². The van der Waals surface area contributed by atoms with Gasteiger partial charge in [0.05, 0.1) is 6.61 Å². The fraction of sp³-hybridized carbons (Fsp3) is 0.286. The van der Waals surface area contributed by atoms with E-state index < -0.39 is 48.5 Å². The molecule has 10 nitrogen and oxygen atoms in total. The molecule has 1 aliphatic heterocycles.